The highest BCUT2D eigenvalue weighted by Gasteiger charge is 2.30. The van der Waals surface area contributed by atoms with Gasteiger partial charge in [-0.2, -0.15) is 0 Å². The van der Waals surface area contributed by atoms with Crippen molar-refractivity contribution in [2.45, 2.75) is 13.0 Å². The third-order valence-electron chi connectivity index (χ3n) is 3.72. The zero-order valence-corrected chi connectivity index (χ0v) is 12.5. The summed E-state index contributed by atoms with van der Waals surface area (Å²) in [6.07, 6.45) is 3.58. The Morgan fingerprint density at radius 1 is 1.45 bits per heavy atom. The maximum atomic E-state index is 12.5. The summed E-state index contributed by atoms with van der Waals surface area (Å²) in [5.41, 5.74) is 0. The number of imidazole rings is 1. The van der Waals surface area contributed by atoms with Crippen molar-refractivity contribution in [3.8, 4) is 0 Å². The number of nitrogens with zero attached hydrogens (tertiary/aromatic N) is 3. The summed E-state index contributed by atoms with van der Waals surface area (Å²) in [5.74, 6) is 1.06. The molecule has 6 heteroatoms. The number of aryl methyl sites for hydroxylation is 1. The molecular weight excluding hydrogens is 272 g/mol. The topological polar surface area (TPSA) is 52.2 Å². The third kappa shape index (κ3) is 2.48. The number of hydrogen-bond acceptors (Lipinski definition) is 4. The van der Waals surface area contributed by atoms with E-state index in [1.54, 1.807) is 17.5 Å². The maximum Gasteiger partial charge on any atom is 0.264 e. The first-order valence-electron chi connectivity index (χ1n) is 6.70. The van der Waals surface area contributed by atoms with E-state index in [-0.39, 0.29) is 11.9 Å². The summed E-state index contributed by atoms with van der Waals surface area (Å²) in [6, 6.07) is 4.06. The van der Waals surface area contributed by atoms with Gasteiger partial charge in [0.15, 0.2) is 0 Å². The molecule has 3 rings (SSSR count). The Kier molecular flexibility index (Phi) is 3.58. The molecule has 0 aromatic carbocycles. The van der Waals surface area contributed by atoms with E-state index in [4.69, 9.17) is 0 Å². The van der Waals surface area contributed by atoms with E-state index in [0.29, 0.717) is 6.54 Å². The van der Waals surface area contributed by atoms with Crippen LogP contribution in [0.1, 0.15) is 26.4 Å². The number of hydrogen-bond donors (Lipinski definition) is 1. The Morgan fingerprint density at radius 2 is 2.30 bits per heavy atom. The molecule has 0 radical (unpaired) electrons. The maximum absolute atomic E-state index is 12.5. The van der Waals surface area contributed by atoms with Crippen LogP contribution < -0.4 is 0 Å². The molecule has 5 nitrogen and oxygen atoms in total. The molecule has 0 aliphatic carbocycles. The number of amides is 1. The highest BCUT2D eigenvalue weighted by molar-refractivity contribution is 7.13. The molecule has 2 aromatic heterocycles. The minimum absolute atomic E-state index is 0.132. The van der Waals surface area contributed by atoms with Crippen LogP contribution in [0.4, 0.5) is 0 Å². The minimum atomic E-state index is 0.132. The fourth-order valence-electron chi connectivity index (χ4n) is 2.52. The number of nitrogens with one attached hydrogen (secondary N) is 1. The summed E-state index contributed by atoms with van der Waals surface area (Å²) in [5, 5.41) is 0. The molecule has 0 unspecified atom stereocenters. The molecule has 0 spiro atoms. The van der Waals surface area contributed by atoms with Crippen LogP contribution in [-0.4, -0.2) is 52.4 Å². The molecule has 1 amide bonds. The van der Waals surface area contributed by atoms with E-state index in [0.717, 1.165) is 23.8 Å². The predicted octanol–water partition coefficient (Wildman–Crippen LogP) is 1.91. The van der Waals surface area contributed by atoms with Gasteiger partial charge in [-0.15, -0.1) is 11.3 Å². The van der Waals surface area contributed by atoms with Gasteiger partial charge >= 0.3 is 0 Å². The largest absolute Gasteiger partial charge is 0.347 e. The number of rotatable bonds is 2. The fourth-order valence-corrected chi connectivity index (χ4v) is 3.35. The van der Waals surface area contributed by atoms with E-state index in [1.807, 2.05) is 30.2 Å². The molecule has 2 aromatic rings. The fraction of sp³-hybridized carbons (Fsp3) is 0.429. The van der Waals surface area contributed by atoms with Gasteiger partial charge in [-0.05, 0) is 26.1 Å². The van der Waals surface area contributed by atoms with Crippen LogP contribution in [-0.2, 0) is 0 Å². The van der Waals surface area contributed by atoms with Crippen molar-refractivity contribution < 1.29 is 4.79 Å². The van der Waals surface area contributed by atoms with Gasteiger partial charge in [0.1, 0.15) is 5.82 Å². The van der Waals surface area contributed by atoms with Crippen LogP contribution in [0.25, 0.3) is 0 Å². The van der Waals surface area contributed by atoms with E-state index < -0.39 is 0 Å². The highest BCUT2D eigenvalue weighted by atomic mass is 32.1. The smallest absolute Gasteiger partial charge is 0.264 e. The van der Waals surface area contributed by atoms with Crippen LogP contribution in [0.15, 0.2) is 24.5 Å². The quantitative estimate of drug-likeness (QED) is 0.919. The van der Waals surface area contributed by atoms with Crippen molar-refractivity contribution in [1.82, 2.24) is 19.8 Å². The Morgan fingerprint density at radius 3 is 2.95 bits per heavy atom. The molecule has 1 aliphatic heterocycles. The van der Waals surface area contributed by atoms with Crippen molar-refractivity contribution >= 4 is 17.2 Å². The first-order valence-corrected chi connectivity index (χ1v) is 7.52. The Labute approximate surface area is 122 Å². The molecule has 1 aliphatic rings. The number of aromatic nitrogens is 2. The molecule has 106 valence electrons. The number of thiophene rings is 1. The molecule has 0 saturated carbocycles. The minimum Gasteiger partial charge on any atom is -0.347 e. The van der Waals surface area contributed by atoms with Gasteiger partial charge in [0.2, 0.25) is 0 Å². The SMILES string of the molecule is Cc1ccc(C(=O)N2CCN(C)[C@H](c3ncc[nH]3)C2)s1. The number of piperazine rings is 1. The molecule has 20 heavy (non-hydrogen) atoms. The van der Waals surface area contributed by atoms with Crippen molar-refractivity contribution in [2.24, 2.45) is 0 Å². The molecule has 1 N–H and O–H groups in total. The van der Waals surface area contributed by atoms with E-state index in [1.165, 1.54) is 4.88 Å². The normalized spacial score (nSPS) is 20.3. The molecular formula is C14H18N4OS. The van der Waals surface area contributed by atoms with Gasteiger partial charge in [-0.3, -0.25) is 9.69 Å². The van der Waals surface area contributed by atoms with Crippen molar-refractivity contribution in [2.75, 3.05) is 26.7 Å². The number of carbonyl (C=O) groups excluding carboxylic acids is 1. The lowest BCUT2D eigenvalue weighted by atomic mass is 10.1. The van der Waals surface area contributed by atoms with Gasteiger partial charge in [0.25, 0.3) is 5.91 Å². The number of carbonyl (C=O) groups is 1. The van der Waals surface area contributed by atoms with Crippen LogP contribution in [0.2, 0.25) is 0 Å². The van der Waals surface area contributed by atoms with Gasteiger partial charge in [-0.1, -0.05) is 0 Å². The van der Waals surface area contributed by atoms with Crippen molar-refractivity contribution in [1.29, 1.82) is 0 Å². The molecule has 1 atom stereocenters. The average molecular weight is 290 g/mol. The van der Waals surface area contributed by atoms with E-state index >= 15 is 0 Å². The average Bonchev–Trinajstić information content (AvgIpc) is 3.09. The van der Waals surface area contributed by atoms with Gasteiger partial charge < -0.3 is 9.88 Å². The molecule has 0 bridgehead atoms. The van der Waals surface area contributed by atoms with E-state index in [9.17, 15) is 4.79 Å². The van der Waals surface area contributed by atoms with Crippen molar-refractivity contribution in [3.63, 3.8) is 0 Å². The number of aromatic amines is 1. The van der Waals surface area contributed by atoms with Gasteiger partial charge in [0.05, 0.1) is 10.9 Å². The van der Waals surface area contributed by atoms with E-state index in [2.05, 4.69) is 21.9 Å². The molecule has 3 heterocycles. The number of likely N-dealkylation sites (N-methyl/N-ethyl adjacent to an activating group) is 1. The summed E-state index contributed by atoms with van der Waals surface area (Å²) in [4.78, 5) is 26.2. The Bertz CT molecular complexity index is 592. The second-order valence-corrected chi connectivity index (χ2v) is 6.42. The summed E-state index contributed by atoms with van der Waals surface area (Å²) in [6.45, 7) is 4.34. The second kappa shape index (κ2) is 5.38. The first-order chi connectivity index (χ1) is 9.65. The zero-order valence-electron chi connectivity index (χ0n) is 11.7. The Hall–Kier alpha value is -1.66. The predicted molar refractivity (Wildman–Crippen MR) is 78.9 cm³/mol. The number of H-pyrrole nitrogens is 1. The lowest BCUT2D eigenvalue weighted by Crippen LogP contribution is -2.49. The van der Waals surface area contributed by atoms with Gasteiger partial charge in [0, 0.05) is 36.9 Å². The lowest BCUT2D eigenvalue weighted by molar-refractivity contribution is 0.0539. The lowest BCUT2D eigenvalue weighted by Gasteiger charge is -2.38. The second-order valence-electron chi connectivity index (χ2n) is 5.13. The highest BCUT2D eigenvalue weighted by Crippen LogP contribution is 2.24. The summed E-state index contributed by atoms with van der Waals surface area (Å²) in [7, 11) is 2.07. The summed E-state index contributed by atoms with van der Waals surface area (Å²) < 4.78 is 0. The third-order valence-corrected chi connectivity index (χ3v) is 4.71. The zero-order chi connectivity index (χ0) is 14.1. The van der Waals surface area contributed by atoms with Crippen LogP contribution in [0.5, 0.6) is 0 Å². The first kappa shape index (κ1) is 13.3. The summed E-state index contributed by atoms with van der Waals surface area (Å²) >= 11 is 1.56. The Balaban J connectivity index is 1.77. The molecule has 1 saturated heterocycles. The van der Waals surface area contributed by atoms with Crippen LogP contribution >= 0.6 is 11.3 Å². The molecule has 1 fully saturated rings. The van der Waals surface area contributed by atoms with Crippen molar-refractivity contribution in [3.05, 3.63) is 40.1 Å². The van der Waals surface area contributed by atoms with Crippen LogP contribution in [0.3, 0.4) is 0 Å². The van der Waals surface area contributed by atoms with Crippen LogP contribution in [0, 0.1) is 6.92 Å². The monoisotopic (exact) mass is 290 g/mol. The van der Waals surface area contributed by atoms with Gasteiger partial charge in [-0.25, -0.2) is 4.98 Å². The standard InChI is InChI=1S/C14H18N4OS/c1-10-3-4-12(20-10)14(19)18-8-7-17(2)11(9-18)13-15-5-6-16-13/h3-6,11H,7-9H2,1-2H3,(H,15,16)/t11-/m0/s1.